The Morgan fingerprint density at radius 1 is 1.17 bits per heavy atom. The molecule has 0 atom stereocenters. The number of nitrogens with zero attached hydrogens (tertiary/aromatic N) is 3. The maximum atomic E-state index is 12.9. The molecule has 1 aromatic heterocycles. The normalized spacial score (nSPS) is 14.5. The molecule has 0 bridgehead atoms. The van der Waals surface area contributed by atoms with Gasteiger partial charge in [0.25, 0.3) is 11.6 Å². The van der Waals surface area contributed by atoms with Gasteiger partial charge in [-0.2, -0.15) is 4.31 Å². The van der Waals surface area contributed by atoms with Crippen molar-refractivity contribution in [3.8, 4) is 0 Å². The number of nitro groups is 1. The average molecular weight is 539 g/mol. The van der Waals surface area contributed by atoms with Crippen molar-refractivity contribution in [1.82, 2.24) is 9.29 Å². The molecule has 11 nitrogen and oxygen atoms in total. The lowest BCUT2D eigenvalue weighted by Crippen LogP contribution is -2.35. The summed E-state index contributed by atoms with van der Waals surface area (Å²) in [4.78, 5) is 39.3. The predicted octanol–water partition coefficient (Wildman–Crippen LogP) is 3.83. The Hall–Kier alpha value is -3.13. The number of sulfonamides is 1. The first-order valence-electron chi connectivity index (χ1n) is 10.5. The van der Waals surface area contributed by atoms with Gasteiger partial charge in [0.05, 0.1) is 30.6 Å². The highest BCUT2D eigenvalue weighted by molar-refractivity contribution is 7.89. The Morgan fingerprint density at radius 2 is 1.91 bits per heavy atom. The summed E-state index contributed by atoms with van der Waals surface area (Å²) in [7, 11) is -3.79. The number of hydrogen-bond donors (Lipinski definition) is 1. The van der Waals surface area contributed by atoms with E-state index in [2.05, 4.69) is 10.3 Å². The van der Waals surface area contributed by atoms with Crippen LogP contribution in [0, 0.1) is 10.1 Å². The Bertz CT molecular complexity index is 1420. The van der Waals surface area contributed by atoms with Crippen LogP contribution in [0.3, 0.4) is 0 Å². The summed E-state index contributed by atoms with van der Waals surface area (Å²) in [6, 6.07) is 7.89. The lowest BCUT2D eigenvalue weighted by atomic mass is 10.2. The van der Waals surface area contributed by atoms with Crippen LogP contribution in [0.1, 0.15) is 29.6 Å². The number of hydrogen-bond acceptors (Lipinski definition) is 9. The number of esters is 1. The Labute approximate surface area is 208 Å². The van der Waals surface area contributed by atoms with Gasteiger partial charge < -0.3 is 4.74 Å². The first-order chi connectivity index (χ1) is 16.6. The number of aromatic nitrogens is 1. The largest absolute Gasteiger partial charge is 0.452 e. The minimum absolute atomic E-state index is 0.0132. The standard InChI is InChI=1S/C21H19ClN4O7S2/c22-16-6-5-14(35(31,32)25-8-2-1-3-9-25)11-15(16)20(28)33-12-19(27)24-21-23-17-7-4-13(26(29)30)10-18(17)34-21/h4-7,10-11H,1-3,8-9,12H2,(H,23,24,27). The van der Waals surface area contributed by atoms with Crippen LogP contribution in [0.4, 0.5) is 10.8 Å². The molecule has 14 heteroatoms. The third kappa shape index (κ3) is 5.59. The van der Waals surface area contributed by atoms with Crippen LogP contribution in [0.2, 0.25) is 5.02 Å². The smallest absolute Gasteiger partial charge is 0.340 e. The van der Waals surface area contributed by atoms with E-state index in [1.807, 2.05) is 0 Å². The molecule has 1 amide bonds. The number of nitrogens with one attached hydrogen (secondary N) is 1. The Balaban J connectivity index is 1.41. The molecule has 1 N–H and O–H groups in total. The zero-order valence-electron chi connectivity index (χ0n) is 18.1. The number of non-ortho nitro benzene ring substituents is 1. The van der Waals surface area contributed by atoms with Crippen LogP contribution in [0.25, 0.3) is 10.2 Å². The molecular weight excluding hydrogens is 520 g/mol. The van der Waals surface area contributed by atoms with Crippen LogP contribution >= 0.6 is 22.9 Å². The summed E-state index contributed by atoms with van der Waals surface area (Å²) in [6.07, 6.45) is 2.49. The molecule has 2 aromatic carbocycles. The van der Waals surface area contributed by atoms with Crippen LogP contribution in [0.15, 0.2) is 41.3 Å². The fourth-order valence-corrected chi connectivity index (χ4v) is 6.17. The first-order valence-corrected chi connectivity index (χ1v) is 13.1. The summed E-state index contributed by atoms with van der Waals surface area (Å²) < 4.78 is 32.7. The van der Waals surface area contributed by atoms with Gasteiger partial charge in [-0.3, -0.25) is 20.2 Å². The number of fused-ring (bicyclic) bond motifs is 1. The fourth-order valence-electron chi connectivity index (χ4n) is 3.52. The number of rotatable bonds is 7. The van der Waals surface area contributed by atoms with Gasteiger partial charge in [-0.15, -0.1) is 0 Å². The minimum Gasteiger partial charge on any atom is -0.452 e. The number of carbonyl (C=O) groups is 2. The molecule has 0 radical (unpaired) electrons. The lowest BCUT2D eigenvalue weighted by molar-refractivity contribution is -0.384. The van der Waals surface area contributed by atoms with Crippen LogP contribution in [-0.4, -0.2) is 54.2 Å². The van der Waals surface area contributed by atoms with Crippen molar-refractivity contribution >= 4 is 65.9 Å². The molecule has 1 fully saturated rings. The monoisotopic (exact) mass is 538 g/mol. The van der Waals surface area contributed by atoms with Crippen molar-refractivity contribution < 1.29 is 27.7 Å². The number of amides is 1. The van der Waals surface area contributed by atoms with E-state index < -0.39 is 33.4 Å². The van der Waals surface area contributed by atoms with E-state index in [1.54, 1.807) is 0 Å². The van der Waals surface area contributed by atoms with Crippen LogP contribution in [0.5, 0.6) is 0 Å². The molecule has 4 rings (SSSR count). The highest BCUT2D eigenvalue weighted by Crippen LogP contribution is 2.29. The van der Waals surface area contributed by atoms with Gasteiger partial charge in [0.2, 0.25) is 10.0 Å². The molecule has 3 aromatic rings. The minimum atomic E-state index is -3.79. The molecule has 1 aliphatic rings. The van der Waals surface area contributed by atoms with E-state index in [-0.39, 0.29) is 26.3 Å². The van der Waals surface area contributed by atoms with Crippen molar-refractivity contribution in [2.24, 2.45) is 0 Å². The number of anilines is 1. The summed E-state index contributed by atoms with van der Waals surface area (Å²) in [6.45, 7) is 0.141. The highest BCUT2D eigenvalue weighted by atomic mass is 35.5. The number of benzene rings is 2. The van der Waals surface area contributed by atoms with Crippen LogP contribution < -0.4 is 5.32 Å². The van der Waals surface area contributed by atoms with Crippen molar-refractivity contribution in [3.63, 3.8) is 0 Å². The third-order valence-electron chi connectivity index (χ3n) is 5.27. The van der Waals surface area contributed by atoms with Gasteiger partial charge in [-0.05, 0) is 37.1 Å². The second-order valence-electron chi connectivity index (χ2n) is 7.66. The molecule has 35 heavy (non-hydrogen) atoms. The van der Waals surface area contributed by atoms with Gasteiger partial charge in [-0.25, -0.2) is 18.2 Å². The molecule has 184 valence electrons. The Kier molecular flexibility index (Phi) is 7.31. The van der Waals surface area contributed by atoms with E-state index in [4.69, 9.17) is 16.3 Å². The topological polar surface area (TPSA) is 149 Å². The van der Waals surface area contributed by atoms with Crippen molar-refractivity contribution in [2.75, 3.05) is 25.0 Å². The summed E-state index contributed by atoms with van der Waals surface area (Å²) in [5.74, 6) is -1.65. The van der Waals surface area contributed by atoms with Crippen molar-refractivity contribution in [2.45, 2.75) is 24.2 Å². The lowest BCUT2D eigenvalue weighted by Gasteiger charge is -2.26. The number of ether oxygens (including phenoxy) is 1. The molecule has 1 saturated heterocycles. The number of halogens is 1. The molecule has 1 aliphatic heterocycles. The molecular formula is C21H19ClN4O7S2. The number of carbonyl (C=O) groups excluding carboxylic acids is 2. The highest BCUT2D eigenvalue weighted by Gasteiger charge is 2.27. The zero-order chi connectivity index (χ0) is 25.2. The number of thiazole rings is 1. The average Bonchev–Trinajstić information content (AvgIpc) is 3.24. The van der Waals surface area contributed by atoms with Gasteiger partial charge in [-0.1, -0.05) is 29.4 Å². The van der Waals surface area contributed by atoms with Crippen molar-refractivity contribution in [1.29, 1.82) is 0 Å². The quantitative estimate of drug-likeness (QED) is 0.271. The summed E-state index contributed by atoms with van der Waals surface area (Å²) in [5.41, 5.74) is 0.186. The maximum Gasteiger partial charge on any atom is 0.340 e. The maximum absolute atomic E-state index is 12.9. The van der Waals surface area contributed by atoms with Gasteiger partial charge in [0.1, 0.15) is 0 Å². The number of piperidine rings is 1. The van der Waals surface area contributed by atoms with Gasteiger partial charge >= 0.3 is 5.97 Å². The van der Waals surface area contributed by atoms with Gasteiger partial charge in [0, 0.05) is 25.2 Å². The molecule has 0 saturated carbocycles. The van der Waals surface area contributed by atoms with E-state index in [1.165, 1.54) is 34.6 Å². The molecule has 0 unspecified atom stereocenters. The van der Waals surface area contributed by atoms with Crippen LogP contribution in [-0.2, 0) is 19.6 Å². The molecule has 0 spiro atoms. The fraction of sp³-hybridized carbons (Fsp3) is 0.286. The van der Waals surface area contributed by atoms with Gasteiger partial charge in [0.15, 0.2) is 11.7 Å². The SMILES string of the molecule is O=C(COC(=O)c1cc(S(=O)(=O)N2CCCCC2)ccc1Cl)Nc1nc2ccc([N+](=O)[O-])cc2s1. The van der Waals surface area contributed by atoms with E-state index >= 15 is 0 Å². The molecule has 0 aliphatic carbocycles. The van der Waals surface area contributed by atoms with E-state index in [9.17, 15) is 28.1 Å². The molecule has 2 heterocycles. The van der Waals surface area contributed by atoms with E-state index in [0.29, 0.717) is 23.3 Å². The van der Waals surface area contributed by atoms with E-state index in [0.717, 1.165) is 36.7 Å². The first kappa shape index (κ1) is 25.0. The summed E-state index contributed by atoms with van der Waals surface area (Å²) >= 11 is 7.11. The summed E-state index contributed by atoms with van der Waals surface area (Å²) in [5, 5.41) is 13.5. The van der Waals surface area contributed by atoms with Crippen molar-refractivity contribution in [3.05, 3.63) is 57.1 Å². The predicted molar refractivity (Wildman–Crippen MR) is 129 cm³/mol. The second-order valence-corrected chi connectivity index (χ2v) is 11.0. The Morgan fingerprint density at radius 3 is 2.63 bits per heavy atom. The number of nitro benzene ring substituents is 1. The zero-order valence-corrected chi connectivity index (χ0v) is 20.5. The third-order valence-corrected chi connectivity index (χ3v) is 8.43. The second kappa shape index (κ2) is 10.2.